The van der Waals surface area contributed by atoms with Crippen LogP contribution in [0.3, 0.4) is 0 Å². The van der Waals surface area contributed by atoms with Gasteiger partial charge in [-0.25, -0.2) is 8.78 Å². The van der Waals surface area contributed by atoms with Crippen LogP contribution < -0.4 is 4.74 Å². The SMILES string of the molecule is CCCC[C@H]1CC[C@H](COc2ccc(F)c(F)c2)CC1. The number of hydrogen-bond donors (Lipinski definition) is 0. The van der Waals surface area contributed by atoms with Gasteiger partial charge in [-0.15, -0.1) is 0 Å². The monoisotopic (exact) mass is 282 g/mol. The summed E-state index contributed by atoms with van der Waals surface area (Å²) in [6, 6.07) is 3.74. The van der Waals surface area contributed by atoms with Crippen molar-refractivity contribution in [3.05, 3.63) is 29.8 Å². The van der Waals surface area contributed by atoms with E-state index in [-0.39, 0.29) is 0 Å². The van der Waals surface area contributed by atoms with Gasteiger partial charge in [-0.3, -0.25) is 0 Å². The zero-order valence-corrected chi connectivity index (χ0v) is 12.2. The zero-order chi connectivity index (χ0) is 14.4. The molecule has 2 rings (SSSR count). The summed E-state index contributed by atoms with van der Waals surface area (Å²) in [6.45, 7) is 2.85. The van der Waals surface area contributed by atoms with Gasteiger partial charge in [0.05, 0.1) is 6.61 Å². The first-order valence-corrected chi connectivity index (χ1v) is 7.77. The molecule has 1 saturated carbocycles. The van der Waals surface area contributed by atoms with E-state index in [2.05, 4.69) is 6.92 Å². The Balaban J connectivity index is 1.71. The maximum Gasteiger partial charge on any atom is 0.162 e. The molecule has 0 saturated heterocycles. The summed E-state index contributed by atoms with van der Waals surface area (Å²) in [4.78, 5) is 0. The minimum absolute atomic E-state index is 0.428. The summed E-state index contributed by atoms with van der Waals surface area (Å²) in [5, 5.41) is 0. The molecule has 1 aromatic rings. The summed E-state index contributed by atoms with van der Waals surface area (Å²) in [7, 11) is 0. The number of benzene rings is 1. The molecule has 0 radical (unpaired) electrons. The normalized spacial score (nSPS) is 22.8. The second-order valence-corrected chi connectivity index (χ2v) is 5.92. The first kappa shape index (κ1) is 15.3. The van der Waals surface area contributed by atoms with E-state index in [0.29, 0.717) is 18.3 Å². The Bertz CT molecular complexity index is 411. The topological polar surface area (TPSA) is 9.23 Å². The Kier molecular flexibility index (Phi) is 5.81. The highest BCUT2D eigenvalue weighted by molar-refractivity contribution is 5.23. The molecule has 0 N–H and O–H groups in total. The summed E-state index contributed by atoms with van der Waals surface area (Å²) in [6.07, 6.45) is 8.92. The van der Waals surface area contributed by atoms with Gasteiger partial charge < -0.3 is 4.74 Å². The minimum Gasteiger partial charge on any atom is -0.493 e. The van der Waals surface area contributed by atoms with E-state index in [1.165, 1.54) is 51.0 Å². The van der Waals surface area contributed by atoms with E-state index in [9.17, 15) is 8.78 Å². The molecule has 3 heteroatoms. The summed E-state index contributed by atoms with van der Waals surface area (Å²) < 4.78 is 31.5. The fourth-order valence-electron chi connectivity index (χ4n) is 2.96. The Morgan fingerprint density at radius 3 is 2.40 bits per heavy atom. The van der Waals surface area contributed by atoms with Gasteiger partial charge in [-0.2, -0.15) is 0 Å². The van der Waals surface area contributed by atoms with Crippen LogP contribution in [0.4, 0.5) is 8.78 Å². The molecule has 1 nitrogen and oxygen atoms in total. The number of halogens is 2. The number of unbranched alkanes of at least 4 members (excludes halogenated alkanes) is 1. The van der Waals surface area contributed by atoms with Crippen LogP contribution in [0.2, 0.25) is 0 Å². The van der Waals surface area contributed by atoms with Crippen LogP contribution in [-0.4, -0.2) is 6.61 Å². The molecule has 0 atom stereocenters. The van der Waals surface area contributed by atoms with Crippen molar-refractivity contribution in [3.8, 4) is 5.75 Å². The van der Waals surface area contributed by atoms with Crippen molar-refractivity contribution in [1.29, 1.82) is 0 Å². The smallest absolute Gasteiger partial charge is 0.162 e. The molecular formula is C17H24F2O. The third-order valence-electron chi connectivity index (χ3n) is 4.31. The first-order valence-electron chi connectivity index (χ1n) is 7.77. The molecule has 0 heterocycles. The number of ether oxygens (including phenoxy) is 1. The maximum atomic E-state index is 13.1. The van der Waals surface area contributed by atoms with Gasteiger partial charge in [0, 0.05) is 6.07 Å². The Labute approximate surface area is 120 Å². The van der Waals surface area contributed by atoms with Gasteiger partial charge in [0.15, 0.2) is 11.6 Å². The fraction of sp³-hybridized carbons (Fsp3) is 0.647. The molecule has 0 aromatic heterocycles. The second-order valence-electron chi connectivity index (χ2n) is 5.92. The predicted octanol–water partition coefficient (Wildman–Crippen LogP) is 5.34. The standard InChI is InChI=1S/C17H24F2O/c1-2-3-4-13-5-7-14(8-6-13)12-20-15-9-10-16(18)17(19)11-15/h9-11,13-14H,2-8,12H2,1H3/t13-,14-. The van der Waals surface area contributed by atoms with Gasteiger partial charge in [-0.05, 0) is 36.8 Å². The molecule has 0 spiro atoms. The van der Waals surface area contributed by atoms with Crippen molar-refractivity contribution >= 4 is 0 Å². The molecule has 0 unspecified atom stereocenters. The van der Waals surface area contributed by atoms with E-state index in [1.807, 2.05) is 0 Å². The number of rotatable bonds is 6. The molecule has 0 amide bonds. The van der Waals surface area contributed by atoms with Crippen LogP contribution in [0, 0.1) is 23.5 Å². The highest BCUT2D eigenvalue weighted by Crippen LogP contribution is 2.32. The summed E-state index contributed by atoms with van der Waals surface area (Å²) >= 11 is 0. The average molecular weight is 282 g/mol. The molecule has 0 bridgehead atoms. The highest BCUT2D eigenvalue weighted by atomic mass is 19.2. The second kappa shape index (κ2) is 7.61. The van der Waals surface area contributed by atoms with Gasteiger partial charge in [-0.1, -0.05) is 39.0 Å². The number of hydrogen-bond acceptors (Lipinski definition) is 1. The molecule has 1 aromatic carbocycles. The van der Waals surface area contributed by atoms with Crippen LogP contribution >= 0.6 is 0 Å². The van der Waals surface area contributed by atoms with Crippen LogP contribution in [-0.2, 0) is 0 Å². The van der Waals surface area contributed by atoms with Crippen LogP contribution in [0.25, 0.3) is 0 Å². The van der Waals surface area contributed by atoms with E-state index < -0.39 is 11.6 Å². The zero-order valence-electron chi connectivity index (χ0n) is 12.2. The van der Waals surface area contributed by atoms with Crippen molar-refractivity contribution in [2.24, 2.45) is 11.8 Å². The van der Waals surface area contributed by atoms with Crippen molar-refractivity contribution in [1.82, 2.24) is 0 Å². The lowest BCUT2D eigenvalue weighted by molar-refractivity contribution is 0.177. The third kappa shape index (κ3) is 4.46. The Morgan fingerprint density at radius 2 is 1.75 bits per heavy atom. The fourth-order valence-corrected chi connectivity index (χ4v) is 2.96. The lowest BCUT2D eigenvalue weighted by Crippen LogP contribution is -2.20. The molecule has 1 aliphatic rings. The van der Waals surface area contributed by atoms with Gasteiger partial charge in [0.25, 0.3) is 0 Å². The molecule has 112 valence electrons. The largest absolute Gasteiger partial charge is 0.493 e. The molecule has 0 aliphatic heterocycles. The van der Waals surface area contributed by atoms with Crippen molar-refractivity contribution in [3.63, 3.8) is 0 Å². The van der Waals surface area contributed by atoms with E-state index >= 15 is 0 Å². The van der Waals surface area contributed by atoms with Gasteiger partial charge >= 0.3 is 0 Å². The van der Waals surface area contributed by atoms with Gasteiger partial charge in [0.2, 0.25) is 0 Å². The van der Waals surface area contributed by atoms with Crippen LogP contribution in [0.15, 0.2) is 18.2 Å². The predicted molar refractivity (Wildman–Crippen MR) is 76.8 cm³/mol. The summed E-state index contributed by atoms with van der Waals surface area (Å²) in [5.74, 6) is 0.201. The molecular weight excluding hydrogens is 258 g/mol. The highest BCUT2D eigenvalue weighted by Gasteiger charge is 2.21. The lowest BCUT2D eigenvalue weighted by atomic mass is 9.80. The Morgan fingerprint density at radius 1 is 1.05 bits per heavy atom. The maximum absolute atomic E-state index is 13.1. The van der Waals surface area contributed by atoms with Crippen molar-refractivity contribution in [2.75, 3.05) is 6.61 Å². The quantitative estimate of drug-likeness (QED) is 0.684. The lowest BCUT2D eigenvalue weighted by Gasteiger charge is -2.28. The van der Waals surface area contributed by atoms with Gasteiger partial charge in [0.1, 0.15) is 5.75 Å². The molecule has 1 aliphatic carbocycles. The first-order chi connectivity index (χ1) is 9.69. The van der Waals surface area contributed by atoms with E-state index in [0.717, 1.165) is 18.1 Å². The van der Waals surface area contributed by atoms with Crippen molar-refractivity contribution < 1.29 is 13.5 Å². The van der Waals surface area contributed by atoms with E-state index in [1.54, 1.807) is 0 Å². The summed E-state index contributed by atoms with van der Waals surface area (Å²) in [5.41, 5.74) is 0. The third-order valence-corrected chi connectivity index (χ3v) is 4.31. The van der Waals surface area contributed by atoms with E-state index in [4.69, 9.17) is 4.74 Å². The van der Waals surface area contributed by atoms with Crippen molar-refractivity contribution in [2.45, 2.75) is 51.9 Å². The Hall–Kier alpha value is -1.12. The molecule has 20 heavy (non-hydrogen) atoms. The minimum atomic E-state index is -0.842. The molecule has 1 fully saturated rings. The average Bonchev–Trinajstić information content (AvgIpc) is 2.47. The van der Waals surface area contributed by atoms with Crippen LogP contribution in [0.5, 0.6) is 5.75 Å². The van der Waals surface area contributed by atoms with Crippen LogP contribution in [0.1, 0.15) is 51.9 Å².